The van der Waals surface area contributed by atoms with Gasteiger partial charge in [0.15, 0.2) is 0 Å². The van der Waals surface area contributed by atoms with Crippen LogP contribution < -0.4 is 0 Å². The molecular formula is C33H30O6. The molecule has 0 atom stereocenters. The van der Waals surface area contributed by atoms with E-state index in [0.29, 0.717) is 23.5 Å². The summed E-state index contributed by atoms with van der Waals surface area (Å²) in [5.41, 5.74) is 7.71. The Morgan fingerprint density at radius 2 is 1.15 bits per heavy atom. The third-order valence-electron chi connectivity index (χ3n) is 6.09. The lowest BCUT2D eigenvalue weighted by Gasteiger charge is -2.09. The van der Waals surface area contributed by atoms with Crippen molar-refractivity contribution >= 4 is 24.1 Å². The molecule has 5 rings (SSSR count). The highest BCUT2D eigenvalue weighted by atomic mass is 16.4. The van der Waals surface area contributed by atoms with E-state index in [1.165, 1.54) is 17.7 Å². The number of para-hydroxylation sites is 2. The number of carboxylic acid groups (broad SMARTS) is 2. The van der Waals surface area contributed by atoms with E-state index in [1.54, 1.807) is 12.1 Å². The minimum Gasteiger partial charge on any atom is -0.508 e. The number of aryl methyl sites for hydroxylation is 2. The predicted molar refractivity (Wildman–Crippen MR) is 154 cm³/mol. The van der Waals surface area contributed by atoms with Crippen LogP contribution in [-0.2, 0) is 16.0 Å². The highest BCUT2D eigenvalue weighted by molar-refractivity contribution is 5.92. The molecule has 39 heavy (non-hydrogen) atoms. The van der Waals surface area contributed by atoms with E-state index in [2.05, 4.69) is 0 Å². The molecule has 0 fully saturated rings. The molecule has 4 aromatic rings. The molecule has 0 unspecified atom stereocenters. The maximum absolute atomic E-state index is 10.9. The van der Waals surface area contributed by atoms with Crippen molar-refractivity contribution < 1.29 is 30.0 Å². The summed E-state index contributed by atoms with van der Waals surface area (Å²) in [7, 11) is 0. The Morgan fingerprint density at radius 3 is 1.67 bits per heavy atom. The fourth-order valence-electron chi connectivity index (χ4n) is 4.04. The molecule has 0 aromatic heterocycles. The zero-order valence-electron chi connectivity index (χ0n) is 21.7. The van der Waals surface area contributed by atoms with Gasteiger partial charge in [-0.3, -0.25) is 0 Å². The molecule has 1 aliphatic carbocycles. The largest absolute Gasteiger partial charge is 0.508 e. The summed E-state index contributed by atoms with van der Waals surface area (Å²) in [4.78, 5) is 21.6. The minimum atomic E-state index is -1.04. The lowest BCUT2D eigenvalue weighted by molar-refractivity contribution is -0.132. The number of aliphatic carboxylic acids is 2. The van der Waals surface area contributed by atoms with E-state index >= 15 is 0 Å². The van der Waals surface area contributed by atoms with Gasteiger partial charge in [0.05, 0.1) is 0 Å². The lowest BCUT2D eigenvalue weighted by Crippen LogP contribution is -1.94. The summed E-state index contributed by atoms with van der Waals surface area (Å²) < 4.78 is 0. The smallest absolute Gasteiger partial charge is 0.328 e. The Labute approximate surface area is 227 Å². The van der Waals surface area contributed by atoms with Gasteiger partial charge in [0.1, 0.15) is 11.5 Å². The Hall–Kier alpha value is -5.10. The number of carbonyl (C=O) groups is 2. The van der Waals surface area contributed by atoms with Crippen molar-refractivity contribution in [3.05, 3.63) is 130 Å². The third kappa shape index (κ3) is 7.94. The molecule has 0 bridgehead atoms. The fraction of sp³-hybridized carbons (Fsp3) is 0.0909. The van der Waals surface area contributed by atoms with E-state index in [9.17, 15) is 9.59 Å². The van der Waals surface area contributed by atoms with Crippen LogP contribution in [-0.4, -0.2) is 32.4 Å². The van der Waals surface area contributed by atoms with Gasteiger partial charge in [0.2, 0.25) is 0 Å². The van der Waals surface area contributed by atoms with Gasteiger partial charge < -0.3 is 20.4 Å². The van der Waals surface area contributed by atoms with Crippen LogP contribution in [0, 0.1) is 13.8 Å². The first-order valence-corrected chi connectivity index (χ1v) is 12.2. The van der Waals surface area contributed by atoms with Crippen molar-refractivity contribution in [3.63, 3.8) is 0 Å². The molecule has 6 nitrogen and oxygen atoms in total. The van der Waals surface area contributed by atoms with E-state index in [0.717, 1.165) is 45.5 Å². The summed E-state index contributed by atoms with van der Waals surface area (Å²) in [5, 5.41) is 35.6. The Bertz CT molecular complexity index is 1450. The number of phenolic OH excluding ortho intramolecular Hbond substituents is 2. The van der Waals surface area contributed by atoms with Crippen molar-refractivity contribution in [2.75, 3.05) is 0 Å². The van der Waals surface area contributed by atoms with Gasteiger partial charge in [-0.05, 0) is 89.1 Å². The van der Waals surface area contributed by atoms with Crippen molar-refractivity contribution in [2.24, 2.45) is 0 Å². The molecule has 198 valence electrons. The van der Waals surface area contributed by atoms with Crippen LogP contribution in [0.3, 0.4) is 0 Å². The Morgan fingerprint density at radius 1 is 0.641 bits per heavy atom. The zero-order valence-corrected chi connectivity index (χ0v) is 21.7. The van der Waals surface area contributed by atoms with Crippen molar-refractivity contribution in [1.29, 1.82) is 0 Å². The monoisotopic (exact) mass is 522 g/mol. The number of hydrogen-bond acceptors (Lipinski definition) is 4. The van der Waals surface area contributed by atoms with Crippen molar-refractivity contribution in [2.45, 2.75) is 20.3 Å². The highest BCUT2D eigenvalue weighted by Crippen LogP contribution is 2.40. The SMILES string of the molecule is Cc1ccccc1O.Cc1ccccc1O.O=C(O)C=Cc1ccc2c(c1C=CC(=O)O)Cc1ccccc1-2. The molecule has 1 aliphatic rings. The highest BCUT2D eigenvalue weighted by Gasteiger charge is 2.21. The molecule has 0 amide bonds. The van der Waals surface area contributed by atoms with Crippen LogP contribution in [0.2, 0.25) is 0 Å². The first kappa shape index (κ1) is 28.5. The van der Waals surface area contributed by atoms with Gasteiger partial charge in [-0.2, -0.15) is 0 Å². The van der Waals surface area contributed by atoms with Gasteiger partial charge >= 0.3 is 11.9 Å². The number of hydrogen-bond donors (Lipinski definition) is 4. The van der Waals surface area contributed by atoms with E-state index < -0.39 is 11.9 Å². The normalized spacial score (nSPS) is 11.1. The number of benzene rings is 4. The summed E-state index contributed by atoms with van der Waals surface area (Å²) in [6.45, 7) is 3.74. The van der Waals surface area contributed by atoms with Gasteiger partial charge in [-0.1, -0.05) is 72.8 Å². The molecule has 4 aromatic carbocycles. The lowest BCUT2D eigenvalue weighted by atomic mass is 9.95. The molecule has 0 heterocycles. The number of rotatable bonds is 4. The topological polar surface area (TPSA) is 115 Å². The standard InChI is InChI=1S/C19H14O4.2C7H8O/c20-18(21)9-6-12-5-7-16-14-4-2-1-3-13(14)11-17(16)15(12)8-10-19(22)23;2*1-6-4-2-3-5-7(6)8/h1-10H,11H2,(H,20,21)(H,22,23);2*2-5,8H,1H3. The number of fused-ring (bicyclic) bond motifs is 3. The maximum atomic E-state index is 10.9. The molecular weight excluding hydrogens is 492 g/mol. The first-order valence-electron chi connectivity index (χ1n) is 12.2. The van der Waals surface area contributed by atoms with Gasteiger partial charge in [-0.25, -0.2) is 9.59 Å². The fourth-order valence-corrected chi connectivity index (χ4v) is 4.04. The van der Waals surface area contributed by atoms with Crippen molar-refractivity contribution in [3.8, 4) is 22.6 Å². The number of phenols is 2. The first-order chi connectivity index (χ1) is 18.7. The molecule has 0 aliphatic heterocycles. The second-order valence-corrected chi connectivity index (χ2v) is 8.84. The second-order valence-electron chi connectivity index (χ2n) is 8.84. The third-order valence-corrected chi connectivity index (χ3v) is 6.09. The van der Waals surface area contributed by atoms with Crippen LogP contribution in [0.5, 0.6) is 11.5 Å². The molecule has 4 N–H and O–H groups in total. The van der Waals surface area contributed by atoms with Gasteiger partial charge in [0, 0.05) is 12.2 Å². The maximum Gasteiger partial charge on any atom is 0.328 e. The van der Waals surface area contributed by atoms with E-state index in [-0.39, 0.29) is 0 Å². The van der Waals surface area contributed by atoms with E-state index in [1.807, 2.05) is 86.6 Å². The summed E-state index contributed by atoms with van der Waals surface area (Å²) in [6, 6.07) is 26.3. The quantitative estimate of drug-likeness (QED) is 0.192. The molecule has 0 saturated heterocycles. The summed E-state index contributed by atoms with van der Waals surface area (Å²) >= 11 is 0. The Balaban J connectivity index is 0.000000213. The van der Waals surface area contributed by atoms with E-state index in [4.69, 9.17) is 20.4 Å². The zero-order chi connectivity index (χ0) is 28.4. The van der Waals surface area contributed by atoms with Crippen LogP contribution in [0.25, 0.3) is 23.3 Å². The van der Waals surface area contributed by atoms with Crippen molar-refractivity contribution in [1.82, 2.24) is 0 Å². The summed E-state index contributed by atoms with van der Waals surface area (Å²) in [6.07, 6.45) is 5.87. The molecule has 0 radical (unpaired) electrons. The molecule has 0 saturated carbocycles. The Kier molecular flexibility index (Phi) is 9.82. The number of aromatic hydroxyl groups is 2. The second kappa shape index (κ2) is 13.4. The van der Waals surface area contributed by atoms with Crippen LogP contribution >= 0.6 is 0 Å². The summed E-state index contributed by atoms with van der Waals surface area (Å²) in [5.74, 6) is -1.34. The van der Waals surface area contributed by atoms with Gasteiger partial charge in [0.25, 0.3) is 0 Å². The predicted octanol–water partition coefficient (Wildman–Crippen LogP) is 6.85. The molecule has 0 spiro atoms. The van der Waals surface area contributed by atoms with Gasteiger partial charge in [-0.15, -0.1) is 0 Å². The average Bonchev–Trinajstić information content (AvgIpc) is 3.29. The van der Waals surface area contributed by atoms with Crippen LogP contribution in [0.1, 0.15) is 33.4 Å². The average molecular weight is 523 g/mol. The van der Waals surface area contributed by atoms with Crippen LogP contribution in [0.15, 0.2) is 97.1 Å². The molecule has 6 heteroatoms. The minimum absolute atomic E-state index is 0.368. The number of carboxylic acids is 2. The van der Waals surface area contributed by atoms with Crippen LogP contribution in [0.4, 0.5) is 0 Å².